The van der Waals surface area contributed by atoms with Crippen molar-refractivity contribution in [1.82, 2.24) is 15.2 Å². The van der Waals surface area contributed by atoms with Gasteiger partial charge >= 0.3 is 6.18 Å². The van der Waals surface area contributed by atoms with Gasteiger partial charge in [-0.05, 0) is 49.7 Å². The molecular formula is C20H17F3N4S. The van der Waals surface area contributed by atoms with Crippen LogP contribution in [0.2, 0.25) is 0 Å². The number of H-pyrrole nitrogens is 1. The molecule has 8 heteroatoms. The Morgan fingerprint density at radius 1 is 1.14 bits per heavy atom. The van der Waals surface area contributed by atoms with E-state index in [4.69, 9.17) is 0 Å². The Morgan fingerprint density at radius 3 is 2.68 bits per heavy atom. The summed E-state index contributed by atoms with van der Waals surface area (Å²) in [7, 11) is 0. The molecule has 0 aliphatic rings. The van der Waals surface area contributed by atoms with Crippen LogP contribution in [0, 0.1) is 6.92 Å². The van der Waals surface area contributed by atoms with E-state index in [-0.39, 0.29) is 6.04 Å². The zero-order chi connectivity index (χ0) is 19.9. The highest BCUT2D eigenvalue weighted by atomic mass is 32.1. The first-order chi connectivity index (χ1) is 13.3. The summed E-state index contributed by atoms with van der Waals surface area (Å²) in [4.78, 5) is 5.58. The molecule has 1 atom stereocenters. The van der Waals surface area contributed by atoms with Crippen LogP contribution in [-0.2, 0) is 6.18 Å². The van der Waals surface area contributed by atoms with Gasteiger partial charge in [-0.1, -0.05) is 12.1 Å². The fraction of sp³-hybridized carbons (Fsp3) is 0.200. The summed E-state index contributed by atoms with van der Waals surface area (Å²) in [6.45, 7) is 3.74. The van der Waals surface area contributed by atoms with Crippen LogP contribution in [0.4, 0.5) is 18.9 Å². The maximum atomic E-state index is 13.0. The summed E-state index contributed by atoms with van der Waals surface area (Å²) >= 11 is 1.56. The molecule has 0 saturated carbocycles. The van der Waals surface area contributed by atoms with Gasteiger partial charge in [0.05, 0.1) is 32.0 Å². The number of nitrogens with zero attached hydrogens (tertiary/aromatic N) is 2. The third-order valence-electron chi connectivity index (χ3n) is 4.46. The van der Waals surface area contributed by atoms with Gasteiger partial charge in [0, 0.05) is 17.9 Å². The Hall–Kier alpha value is -2.87. The summed E-state index contributed by atoms with van der Waals surface area (Å²) in [5.41, 5.74) is 3.35. The minimum atomic E-state index is -4.36. The molecule has 3 heterocycles. The van der Waals surface area contributed by atoms with Gasteiger partial charge < -0.3 is 5.32 Å². The summed E-state index contributed by atoms with van der Waals surface area (Å²) in [6.07, 6.45) is -2.67. The number of alkyl halides is 3. The minimum Gasteiger partial charge on any atom is -0.377 e. The number of thiophene rings is 1. The lowest BCUT2D eigenvalue weighted by molar-refractivity contribution is -0.137. The van der Waals surface area contributed by atoms with Crippen LogP contribution >= 0.6 is 11.3 Å². The largest absolute Gasteiger partial charge is 0.416 e. The molecule has 0 bridgehead atoms. The molecule has 0 aliphatic carbocycles. The van der Waals surface area contributed by atoms with Crippen LogP contribution in [0.15, 0.2) is 48.7 Å². The highest BCUT2D eigenvalue weighted by Gasteiger charge is 2.30. The highest BCUT2D eigenvalue weighted by molar-refractivity contribution is 7.22. The third kappa shape index (κ3) is 3.60. The molecule has 1 aromatic carbocycles. The fourth-order valence-electron chi connectivity index (χ4n) is 3.09. The van der Waals surface area contributed by atoms with Crippen molar-refractivity contribution in [3.63, 3.8) is 0 Å². The summed E-state index contributed by atoms with van der Waals surface area (Å²) in [6, 6.07) is 10.9. The molecule has 0 fully saturated rings. The molecule has 4 rings (SSSR count). The summed E-state index contributed by atoms with van der Waals surface area (Å²) < 4.78 is 40.0. The van der Waals surface area contributed by atoms with Crippen LogP contribution in [0.3, 0.4) is 0 Å². The molecule has 0 radical (unpaired) electrons. The van der Waals surface area contributed by atoms with Crippen molar-refractivity contribution < 1.29 is 13.2 Å². The molecule has 3 aromatic heterocycles. The molecule has 28 heavy (non-hydrogen) atoms. The first-order valence-corrected chi connectivity index (χ1v) is 9.47. The van der Waals surface area contributed by atoms with Crippen LogP contribution in [0.1, 0.15) is 29.8 Å². The maximum Gasteiger partial charge on any atom is 0.416 e. The van der Waals surface area contributed by atoms with Crippen LogP contribution < -0.4 is 5.32 Å². The van der Waals surface area contributed by atoms with Gasteiger partial charge in [0.25, 0.3) is 0 Å². The number of nitrogens with one attached hydrogen (secondary N) is 2. The second-order valence-corrected chi connectivity index (χ2v) is 7.65. The number of benzene rings is 1. The second kappa shape index (κ2) is 6.94. The number of hydrogen-bond donors (Lipinski definition) is 2. The van der Waals surface area contributed by atoms with Gasteiger partial charge in [-0.3, -0.25) is 10.1 Å². The molecule has 4 nitrogen and oxygen atoms in total. The van der Waals surface area contributed by atoms with Gasteiger partial charge in [-0.15, -0.1) is 11.3 Å². The number of aryl methyl sites for hydroxylation is 1. The van der Waals surface area contributed by atoms with E-state index in [2.05, 4.69) is 20.5 Å². The minimum absolute atomic E-state index is 0.301. The molecule has 0 spiro atoms. The van der Waals surface area contributed by atoms with E-state index in [0.29, 0.717) is 5.56 Å². The number of hydrogen-bond acceptors (Lipinski definition) is 4. The number of fused-ring (bicyclic) bond motifs is 1. The maximum absolute atomic E-state index is 13.0. The molecule has 4 aromatic rings. The molecule has 0 saturated heterocycles. The third-order valence-corrected chi connectivity index (χ3v) is 5.65. The van der Waals surface area contributed by atoms with Gasteiger partial charge in [0.15, 0.2) is 0 Å². The smallest absolute Gasteiger partial charge is 0.377 e. The first-order valence-electron chi connectivity index (χ1n) is 8.66. The van der Waals surface area contributed by atoms with Gasteiger partial charge in [0.1, 0.15) is 0 Å². The number of rotatable bonds is 4. The zero-order valence-electron chi connectivity index (χ0n) is 15.1. The van der Waals surface area contributed by atoms with E-state index in [1.807, 2.05) is 32.0 Å². The van der Waals surface area contributed by atoms with Gasteiger partial charge in [-0.25, -0.2) is 0 Å². The normalized spacial score (nSPS) is 13.0. The van der Waals surface area contributed by atoms with Crippen molar-refractivity contribution in [3.05, 3.63) is 65.5 Å². The van der Waals surface area contributed by atoms with Crippen molar-refractivity contribution in [2.75, 3.05) is 5.32 Å². The van der Waals surface area contributed by atoms with Gasteiger partial charge in [0.2, 0.25) is 0 Å². The summed E-state index contributed by atoms with van der Waals surface area (Å²) in [5.74, 6) is 0. The Labute approximate surface area is 163 Å². The monoisotopic (exact) mass is 402 g/mol. The standard InChI is InChI=1S/C20H17F3N4S/c1-11-8-16(19-17(25-11)10-18(28-19)15-6-7-24-27-15)26-12(2)13-4-3-5-14(9-13)20(21,22)23/h3-10,12H,1-2H3,(H,24,27)(H,25,26)/t12-/m0/s1. The zero-order valence-corrected chi connectivity index (χ0v) is 15.9. The first kappa shape index (κ1) is 18.5. The molecule has 0 unspecified atom stereocenters. The van der Waals surface area contributed by atoms with Gasteiger partial charge in [-0.2, -0.15) is 18.3 Å². The number of aromatic amines is 1. The predicted molar refractivity (Wildman–Crippen MR) is 105 cm³/mol. The Bertz CT molecular complexity index is 1120. The second-order valence-electron chi connectivity index (χ2n) is 6.60. The van der Waals surface area contributed by atoms with Crippen LogP contribution in [0.25, 0.3) is 20.8 Å². The highest BCUT2D eigenvalue weighted by Crippen LogP contribution is 2.38. The van der Waals surface area contributed by atoms with Crippen molar-refractivity contribution in [1.29, 1.82) is 0 Å². The molecule has 0 amide bonds. The van der Waals surface area contributed by atoms with E-state index < -0.39 is 11.7 Å². The summed E-state index contributed by atoms with van der Waals surface area (Å²) in [5, 5.41) is 10.3. The Kier molecular flexibility index (Phi) is 4.58. The topological polar surface area (TPSA) is 53.6 Å². The van der Waals surface area contributed by atoms with Crippen molar-refractivity contribution in [2.24, 2.45) is 0 Å². The van der Waals surface area contributed by atoms with Crippen LogP contribution in [0.5, 0.6) is 0 Å². The lowest BCUT2D eigenvalue weighted by atomic mass is 10.0. The van der Waals surface area contributed by atoms with E-state index in [1.54, 1.807) is 23.6 Å². The predicted octanol–water partition coefficient (Wildman–Crippen LogP) is 6.19. The average Bonchev–Trinajstić information content (AvgIpc) is 3.30. The van der Waals surface area contributed by atoms with Crippen molar-refractivity contribution in [2.45, 2.75) is 26.1 Å². The number of aromatic nitrogens is 3. The van der Waals surface area contributed by atoms with Crippen LogP contribution in [-0.4, -0.2) is 15.2 Å². The van der Waals surface area contributed by atoms with E-state index >= 15 is 0 Å². The lowest BCUT2D eigenvalue weighted by Gasteiger charge is -2.18. The molecule has 2 N–H and O–H groups in total. The quantitative estimate of drug-likeness (QED) is 0.428. The SMILES string of the molecule is Cc1cc(N[C@@H](C)c2cccc(C(F)(F)F)c2)c2sc(-c3ccn[nH]3)cc2n1. The van der Waals surface area contributed by atoms with E-state index in [0.717, 1.165) is 38.2 Å². The number of anilines is 1. The van der Waals surface area contributed by atoms with Crippen molar-refractivity contribution >= 4 is 27.2 Å². The Morgan fingerprint density at radius 2 is 1.96 bits per heavy atom. The lowest BCUT2D eigenvalue weighted by Crippen LogP contribution is -2.10. The van der Waals surface area contributed by atoms with Crippen molar-refractivity contribution in [3.8, 4) is 10.6 Å². The molecular weight excluding hydrogens is 385 g/mol. The average molecular weight is 402 g/mol. The van der Waals surface area contributed by atoms with E-state index in [9.17, 15) is 13.2 Å². The number of pyridine rings is 1. The molecule has 0 aliphatic heterocycles. The van der Waals surface area contributed by atoms with E-state index in [1.165, 1.54) is 12.1 Å². The molecule has 144 valence electrons. The fourth-order valence-corrected chi connectivity index (χ4v) is 4.14. The number of halogens is 3. The Balaban J connectivity index is 1.69.